The lowest BCUT2D eigenvalue weighted by Gasteiger charge is -2.26. The third-order valence-electron chi connectivity index (χ3n) is 4.10. The number of amides is 2. The summed E-state index contributed by atoms with van der Waals surface area (Å²) in [7, 11) is 1.35. The number of aliphatic carboxylic acids is 1. The van der Waals surface area contributed by atoms with E-state index in [9.17, 15) is 14.4 Å². The SMILES string of the molecule is COC(=O)CCCc1nnc(NC(=O)NC2CCC(C(=O)O)CC2)s1. The summed E-state index contributed by atoms with van der Waals surface area (Å²) in [5, 5.41) is 23.5. The van der Waals surface area contributed by atoms with Crippen LogP contribution in [0.4, 0.5) is 9.93 Å². The second-order valence-corrected chi connectivity index (χ2v) is 6.98. The number of urea groups is 1. The van der Waals surface area contributed by atoms with Crippen LogP contribution >= 0.6 is 11.3 Å². The van der Waals surface area contributed by atoms with Crippen LogP contribution in [-0.2, 0) is 20.7 Å². The highest BCUT2D eigenvalue weighted by atomic mass is 32.1. The van der Waals surface area contributed by atoms with Crippen molar-refractivity contribution in [3.8, 4) is 0 Å². The van der Waals surface area contributed by atoms with Gasteiger partial charge >= 0.3 is 18.0 Å². The first-order chi connectivity index (χ1) is 12.0. The fraction of sp³-hybridized carbons (Fsp3) is 0.667. The number of carbonyl (C=O) groups is 3. The van der Waals surface area contributed by atoms with Gasteiger partial charge in [0.25, 0.3) is 0 Å². The second-order valence-electron chi connectivity index (χ2n) is 5.92. The molecule has 2 rings (SSSR count). The molecule has 0 aliphatic heterocycles. The van der Waals surface area contributed by atoms with E-state index in [-0.39, 0.29) is 24.0 Å². The molecular formula is C15H22N4O5S. The molecule has 25 heavy (non-hydrogen) atoms. The highest BCUT2D eigenvalue weighted by molar-refractivity contribution is 7.15. The number of aryl methyl sites for hydroxylation is 1. The zero-order valence-corrected chi connectivity index (χ0v) is 14.8. The number of carbonyl (C=O) groups excluding carboxylic acids is 2. The van der Waals surface area contributed by atoms with Gasteiger partial charge in [-0.05, 0) is 32.1 Å². The molecule has 0 saturated heterocycles. The van der Waals surface area contributed by atoms with Crippen molar-refractivity contribution in [1.29, 1.82) is 0 Å². The van der Waals surface area contributed by atoms with Crippen molar-refractivity contribution < 1.29 is 24.2 Å². The van der Waals surface area contributed by atoms with Gasteiger partial charge in [-0.3, -0.25) is 14.9 Å². The van der Waals surface area contributed by atoms with E-state index in [1.807, 2.05) is 0 Å². The largest absolute Gasteiger partial charge is 0.481 e. The third kappa shape index (κ3) is 6.29. The first kappa shape index (κ1) is 19.1. The molecule has 0 spiro atoms. The number of nitrogens with one attached hydrogen (secondary N) is 2. The molecule has 1 aliphatic carbocycles. The fourth-order valence-corrected chi connectivity index (χ4v) is 3.47. The van der Waals surface area contributed by atoms with Crippen LogP contribution in [0.5, 0.6) is 0 Å². The summed E-state index contributed by atoms with van der Waals surface area (Å²) in [6.07, 6.45) is 3.97. The van der Waals surface area contributed by atoms with Crippen LogP contribution in [0.15, 0.2) is 0 Å². The van der Waals surface area contributed by atoms with Crippen LogP contribution in [-0.4, -0.2) is 46.4 Å². The predicted molar refractivity (Wildman–Crippen MR) is 90.4 cm³/mol. The number of aromatic nitrogens is 2. The molecular weight excluding hydrogens is 348 g/mol. The molecule has 9 nitrogen and oxygen atoms in total. The molecule has 2 amide bonds. The Bertz CT molecular complexity index is 613. The molecule has 0 radical (unpaired) electrons. The van der Waals surface area contributed by atoms with E-state index in [1.165, 1.54) is 18.4 Å². The second kappa shape index (κ2) is 9.30. The van der Waals surface area contributed by atoms with E-state index >= 15 is 0 Å². The third-order valence-corrected chi connectivity index (χ3v) is 5.00. The highest BCUT2D eigenvalue weighted by Gasteiger charge is 2.26. The Balaban J connectivity index is 1.70. The van der Waals surface area contributed by atoms with Gasteiger partial charge in [0, 0.05) is 18.9 Å². The Morgan fingerprint density at radius 1 is 1.24 bits per heavy atom. The molecule has 0 unspecified atom stereocenters. The number of nitrogens with zero attached hydrogens (tertiary/aromatic N) is 2. The number of rotatable bonds is 7. The van der Waals surface area contributed by atoms with Crippen LogP contribution in [0.3, 0.4) is 0 Å². The number of methoxy groups -OCH3 is 1. The summed E-state index contributed by atoms with van der Waals surface area (Å²) in [6, 6.07) is -0.390. The molecule has 1 fully saturated rings. The molecule has 1 aromatic heterocycles. The maximum Gasteiger partial charge on any atom is 0.321 e. The van der Waals surface area contributed by atoms with Crippen molar-refractivity contribution in [2.45, 2.75) is 51.0 Å². The van der Waals surface area contributed by atoms with Crippen molar-refractivity contribution >= 4 is 34.4 Å². The molecule has 3 N–H and O–H groups in total. The number of hydrogen-bond donors (Lipinski definition) is 3. The minimum Gasteiger partial charge on any atom is -0.481 e. The average Bonchev–Trinajstić information content (AvgIpc) is 3.02. The Hall–Kier alpha value is -2.23. The van der Waals surface area contributed by atoms with Gasteiger partial charge in [-0.25, -0.2) is 4.79 Å². The van der Waals surface area contributed by atoms with Crippen LogP contribution in [0.2, 0.25) is 0 Å². The topological polar surface area (TPSA) is 131 Å². The van der Waals surface area contributed by atoms with Gasteiger partial charge in [0.2, 0.25) is 5.13 Å². The van der Waals surface area contributed by atoms with E-state index in [4.69, 9.17) is 5.11 Å². The van der Waals surface area contributed by atoms with Crippen LogP contribution < -0.4 is 10.6 Å². The molecule has 0 atom stereocenters. The van der Waals surface area contributed by atoms with E-state index < -0.39 is 5.97 Å². The minimum absolute atomic E-state index is 0.0250. The zero-order chi connectivity index (χ0) is 18.2. The van der Waals surface area contributed by atoms with E-state index in [2.05, 4.69) is 25.6 Å². The maximum atomic E-state index is 12.0. The Morgan fingerprint density at radius 2 is 1.96 bits per heavy atom. The Kier molecular flexibility index (Phi) is 7.11. The Labute approximate surface area is 149 Å². The zero-order valence-electron chi connectivity index (χ0n) is 14.0. The number of hydrogen-bond acceptors (Lipinski definition) is 7. The average molecular weight is 370 g/mol. The van der Waals surface area contributed by atoms with Crippen LogP contribution in [0.1, 0.15) is 43.5 Å². The molecule has 0 aromatic carbocycles. The lowest BCUT2D eigenvalue weighted by Crippen LogP contribution is -2.40. The van der Waals surface area contributed by atoms with Gasteiger partial charge in [0.15, 0.2) is 0 Å². The summed E-state index contributed by atoms with van der Waals surface area (Å²) < 4.78 is 4.57. The minimum atomic E-state index is -0.767. The smallest absolute Gasteiger partial charge is 0.321 e. The molecule has 138 valence electrons. The summed E-state index contributed by atoms with van der Waals surface area (Å²) >= 11 is 1.26. The predicted octanol–water partition coefficient (Wildman–Crippen LogP) is 1.80. The first-order valence-electron chi connectivity index (χ1n) is 8.17. The molecule has 10 heteroatoms. The van der Waals surface area contributed by atoms with Crippen LogP contribution in [0.25, 0.3) is 0 Å². The van der Waals surface area contributed by atoms with E-state index in [1.54, 1.807) is 0 Å². The van der Waals surface area contributed by atoms with Gasteiger partial charge in [0.1, 0.15) is 5.01 Å². The number of anilines is 1. The highest BCUT2D eigenvalue weighted by Crippen LogP contribution is 2.24. The lowest BCUT2D eigenvalue weighted by molar-refractivity contribution is -0.143. The first-order valence-corrected chi connectivity index (χ1v) is 8.99. The van der Waals surface area contributed by atoms with Gasteiger partial charge in [-0.1, -0.05) is 11.3 Å². The number of ether oxygens (including phenoxy) is 1. The van der Waals surface area contributed by atoms with Crippen molar-refractivity contribution in [3.63, 3.8) is 0 Å². The molecule has 1 aromatic rings. The monoisotopic (exact) mass is 370 g/mol. The summed E-state index contributed by atoms with van der Waals surface area (Å²) in [5.41, 5.74) is 0. The van der Waals surface area contributed by atoms with Crippen molar-refractivity contribution in [3.05, 3.63) is 5.01 Å². The standard InChI is InChI=1S/C15H22N4O5S/c1-24-12(20)4-2-3-11-18-19-15(25-11)17-14(23)16-10-7-5-9(6-8-10)13(21)22/h9-10H,2-8H2,1H3,(H,21,22)(H2,16,17,19,23). The quantitative estimate of drug-likeness (QED) is 0.624. The van der Waals surface area contributed by atoms with Gasteiger partial charge in [0.05, 0.1) is 13.0 Å². The van der Waals surface area contributed by atoms with Gasteiger partial charge in [-0.15, -0.1) is 10.2 Å². The molecule has 0 bridgehead atoms. The van der Waals surface area contributed by atoms with Gasteiger partial charge < -0.3 is 15.2 Å². The van der Waals surface area contributed by atoms with Crippen molar-refractivity contribution in [1.82, 2.24) is 15.5 Å². The summed E-state index contributed by atoms with van der Waals surface area (Å²) in [6.45, 7) is 0. The number of carboxylic acids is 1. The number of carboxylic acid groups (broad SMARTS) is 1. The molecule has 1 heterocycles. The maximum absolute atomic E-state index is 12.0. The normalized spacial score (nSPS) is 19.9. The Morgan fingerprint density at radius 3 is 2.60 bits per heavy atom. The summed E-state index contributed by atoms with van der Waals surface area (Å²) in [4.78, 5) is 34.0. The van der Waals surface area contributed by atoms with E-state index in [0.717, 1.165) is 5.01 Å². The number of esters is 1. The molecule has 1 aliphatic rings. The van der Waals surface area contributed by atoms with Crippen molar-refractivity contribution in [2.24, 2.45) is 5.92 Å². The van der Waals surface area contributed by atoms with Gasteiger partial charge in [-0.2, -0.15) is 0 Å². The van der Waals surface area contributed by atoms with Crippen molar-refractivity contribution in [2.75, 3.05) is 12.4 Å². The summed E-state index contributed by atoms with van der Waals surface area (Å²) in [5.74, 6) is -1.34. The van der Waals surface area contributed by atoms with Crippen LogP contribution in [0, 0.1) is 5.92 Å². The lowest BCUT2D eigenvalue weighted by atomic mass is 9.86. The fourth-order valence-electron chi connectivity index (χ4n) is 2.69. The van der Waals surface area contributed by atoms with E-state index in [0.29, 0.717) is 50.1 Å². The molecule has 1 saturated carbocycles.